The molecular weight excluding hydrogens is 325 g/mol. The molecule has 4 rings (SSSR count). The summed E-state index contributed by atoms with van der Waals surface area (Å²) < 4.78 is 42.5. The van der Waals surface area contributed by atoms with Gasteiger partial charge in [0.25, 0.3) is 0 Å². The zero-order valence-electron chi connectivity index (χ0n) is 12.9. The molecule has 0 N–H and O–H groups in total. The molecular formula is C20H11F3N2. The third-order valence-corrected chi connectivity index (χ3v) is 4.25. The van der Waals surface area contributed by atoms with Crippen LogP contribution in [0.25, 0.3) is 27.5 Å². The Hall–Kier alpha value is -3.26. The molecule has 4 aromatic rings. The quantitative estimate of drug-likeness (QED) is 0.440. The van der Waals surface area contributed by atoms with E-state index in [0.717, 1.165) is 16.8 Å². The molecule has 5 heteroatoms. The molecule has 0 fully saturated rings. The molecule has 3 aromatic carbocycles. The van der Waals surface area contributed by atoms with E-state index >= 15 is 0 Å². The molecule has 0 aliphatic carbocycles. The Morgan fingerprint density at radius 2 is 1.36 bits per heavy atom. The molecule has 2 nitrogen and oxygen atoms in total. The van der Waals surface area contributed by atoms with Gasteiger partial charge in [0.05, 0.1) is 33.9 Å². The van der Waals surface area contributed by atoms with Gasteiger partial charge in [-0.2, -0.15) is 18.4 Å². The fraction of sp³-hybridized carbons (Fsp3) is 0.0500. The third-order valence-electron chi connectivity index (χ3n) is 4.25. The first-order valence-electron chi connectivity index (χ1n) is 7.60. The number of benzene rings is 3. The molecule has 0 amide bonds. The summed E-state index contributed by atoms with van der Waals surface area (Å²) in [6.45, 7) is 0. The Kier molecular flexibility index (Phi) is 3.29. The van der Waals surface area contributed by atoms with Gasteiger partial charge in [0.2, 0.25) is 0 Å². The summed E-state index contributed by atoms with van der Waals surface area (Å²) in [4.78, 5) is 0. The highest BCUT2D eigenvalue weighted by atomic mass is 19.4. The number of fused-ring (bicyclic) bond motifs is 3. The van der Waals surface area contributed by atoms with Crippen molar-refractivity contribution in [3.8, 4) is 11.8 Å². The Bertz CT molecular complexity index is 1090. The number of rotatable bonds is 1. The van der Waals surface area contributed by atoms with Gasteiger partial charge >= 0.3 is 6.18 Å². The number of para-hydroxylation sites is 2. The van der Waals surface area contributed by atoms with E-state index in [-0.39, 0.29) is 11.3 Å². The molecule has 0 radical (unpaired) electrons. The van der Waals surface area contributed by atoms with E-state index in [9.17, 15) is 13.2 Å². The van der Waals surface area contributed by atoms with E-state index in [2.05, 4.69) is 0 Å². The zero-order chi connectivity index (χ0) is 17.6. The maximum Gasteiger partial charge on any atom is 0.418 e. The monoisotopic (exact) mass is 336 g/mol. The van der Waals surface area contributed by atoms with Crippen molar-refractivity contribution >= 4 is 21.8 Å². The lowest BCUT2D eigenvalue weighted by Gasteiger charge is -2.16. The normalized spacial score (nSPS) is 11.8. The first-order chi connectivity index (χ1) is 12.0. The second kappa shape index (κ2) is 5.38. The average Bonchev–Trinajstić information content (AvgIpc) is 2.95. The Morgan fingerprint density at radius 1 is 0.800 bits per heavy atom. The number of nitriles is 1. The topological polar surface area (TPSA) is 28.7 Å². The fourth-order valence-corrected chi connectivity index (χ4v) is 3.21. The van der Waals surface area contributed by atoms with Crippen LogP contribution in [0.5, 0.6) is 0 Å². The van der Waals surface area contributed by atoms with Crippen molar-refractivity contribution in [1.82, 2.24) is 4.57 Å². The van der Waals surface area contributed by atoms with Crippen molar-refractivity contribution < 1.29 is 13.2 Å². The van der Waals surface area contributed by atoms with Crippen molar-refractivity contribution in [3.05, 3.63) is 77.9 Å². The highest BCUT2D eigenvalue weighted by Crippen LogP contribution is 2.38. The van der Waals surface area contributed by atoms with Gasteiger partial charge in [-0.25, -0.2) is 0 Å². The van der Waals surface area contributed by atoms with Crippen LogP contribution in [0.2, 0.25) is 0 Å². The Balaban J connectivity index is 2.17. The minimum Gasteiger partial charge on any atom is -0.309 e. The van der Waals surface area contributed by atoms with E-state index in [1.54, 1.807) is 34.9 Å². The lowest BCUT2D eigenvalue weighted by atomic mass is 10.1. The number of alkyl halides is 3. The second-order valence-corrected chi connectivity index (χ2v) is 5.71. The van der Waals surface area contributed by atoms with Gasteiger partial charge in [0.1, 0.15) is 0 Å². The van der Waals surface area contributed by atoms with E-state index in [1.165, 1.54) is 12.1 Å². The van der Waals surface area contributed by atoms with E-state index < -0.39 is 11.7 Å². The lowest BCUT2D eigenvalue weighted by molar-refractivity contribution is -0.137. The molecule has 1 aromatic heterocycles. The molecule has 25 heavy (non-hydrogen) atoms. The van der Waals surface area contributed by atoms with Crippen LogP contribution >= 0.6 is 0 Å². The standard InChI is InChI=1S/C20H11F3N2/c21-20(22,23)16-11-13(12-24)9-10-19(16)25-17-7-3-1-5-14(17)15-6-2-4-8-18(15)25/h1-11H. The first kappa shape index (κ1) is 15.3. The molecule has 122 valence electrons. The second-order valence-electron chi connectivity index (χ2n) is 5.71. The zero-order valence-corrected chi connectivity index (χ0v) is 12.9. The first-order valence-corrected chi connectivity index (χ1v) is 7.60. The molecule has 0 unspecified atom stereocenters. The van der Waals surface area contributed by atoms with Crippen molar-refractivity contribution in [2.45, 2.75) is 6.18 Å². The molecule has 0 saturated carbocycles. The van der Waals surface area contributed by atoms with Crippen LogP contribution in [0.3, 0.4) is 0 Å². The Morgan fingerprint density at radius 3 is 1.88 bits per heavy atom. The smallest absolute Gasteiger partial charge is 0.309 e. The Labute approximate surface area is 141 Å². The number of halogens is 3. The summed E-state index contributed by atoms with van der Waals surface area (Å²) in [7, 11) is 0. The summed E-state index contributed by atoms with van der Waals surface area (Å²) in [5, 5.41) is 10.7. The third kappa shape index (κ3) is 2.34. The van der Waals surface area contributed by atoms with E-state index in [4.69, 9.17) is 5.26 Å². The van der Waals surface area contributed by atoms with Gasteiger partial charge < -0.3 is 4.57 Å². The van der Waals surface area contributed by atoms with Crippen LogP contribution < -0.4 is 0 Å². The molecule has 1 heterocycles. The van der Waals surface area contributed by atoms with Gasteiger partial charge in [0.15, 0.2) is 0 Å². The highest BCUT2D eigenvalue weighted by molar-refractivity contribution is 6.09. The highest BCUT2D eigenvalue weighted by Gasteiger charge is 2.35. The van der Waals surface area contributed by atoms with Gasteiger partial charge in [-0.1, -0.05) is 36.4 Å². The minimum atomic E-state index is -4.56. The van der Waals surface area contributed by atoms with Crippen molar-refractivity contribution in [3.63, 3.8) is 0 Å². The van der Waals surface area contributed by atoms with Crippen molar-refractivity contribution in [2.75, 3.05) is 0 Å². The maximum absolute atomic E-state index is 13.6. The van der Waals surface area contributed by atoms with Crippen LogP contribution in [-0.2, 0) is 6.18 Å². The lowest BCUT2D eigenvalue weighted by Crippen LogP contribution is -2.11. The van der Waals surface area contributed by atoms with Gasteiger partial charge in [0, 0.05) is 10.8 Å². The predicted octanol–water partition coefficient (Wildman–Crippen LogP) is 5.67. The summed E-state index contributed by atoms with van der Waals surface area (Å²) in [5.41, 5.74) is 0.566. The van der Waals surface area contributed by atoms with Crippen LogP contribution in [0.4, 0.5) is 13.2 Å². The van der Waals surface area contributed by atoms with Crippen LogP contribution in [0, 0.1) is 11.3 Å². The molecule has 0 atom stereocenters. The number of nitrogens with zero attached hydrogens (tertiary/aromatic N) is 2. The minimum absolute atomic E-state index is 0.0168. The van der Waals surface area contributed by atoms with Gasteiger partial charge in [-0.3, -0.25) is 0 Å². The summed E-state index contributed by atoms with van der Waals surface area (Å²) in [5.74, 6) is 0. The molecule has 0 aliphatic heterocycles. The van der Waals surface area contributed by atoms with E-state index in [0.29, 0.717) is 11.0 Å². The molecule has 0 spiro atoms. The predicted molar refractivity (Wildman–Crippen MR) is 90.5 cm³/mol. The molecule has 0 saturated heterocycles. The number of hydrogen-bond donors (Lipinski definition) is 0. The fourth-order valence-electron chi connectivity index (χ4n) is 3.21. The van der Waals surface area contributed by atoms with E-state index in [1.807, 2.05) is 24.3 Å². The SMILES string of the molecule is N#Cc1ccc(-n2c3ccccc3c3ccccc32)c(C(F)(F)F)c1. The summed E-state index contributed by atoms with van der Waals surface area (Å²) in [6, 6.07) is 20.2. The molecule has 0 aliphatic rings. The van der Waals surface area contributed by atoms with Gasteiger partial charge in [-0.05, 0) is 30.3 Å². The van der Waals surface area contributed by atoms with Crippen LogP contribution in [-0.4, -0.2) is 4.57 Å². The van der Waals surface area contributed by atoms with Crippen LogP contribution in [0.1, 0.15) is 11.1 Å². The largest absolute Gasteiger partial charge is 0.418 e. The van der Waals surface area contributed by atoms with Gasteiger partial charge in [-0.15, -0.1) is 0 Å². The molecule has 0 bridgehead atoms. The number of hydrogen-bond acceptors (Lipinski definition) is 1. The number of aromatic nitrogens is 1. The summed E-state index contributed by atoms with van der Waals surface area (Å²) in [6.07, 6.45) is -4.56. The van der Waals surface area contributed by atoms with Crippen LogP contribution in [0.15, 0.2) is 66.7 Å². The van der Waals surface area contributed by atoms with Crippen molar-refractivity contribution in [1.29, 1.82) is 5.26 Å². The van der Waals surface area contributed by atoms with Crippen molar-refractivity contribution in [2.24, 2.45) is 0 Å². The maximum atomic E-state index is 13.6. The average molecular weight is 336 g/mol. The summed E-state index contributed by atoms with van der Waals surface area (Å²) >= 11 is 0.